The van der Waals surface area contributed by atoms with Crippen molar-refractivity contribution in [1.82, 2.24) is 20.1 Å². The number of nitrogens with zero attached hydrogens (tertiary/aromatic N) is 3. The Bertz CT molecular complexity index is 357. The van der Waals surface area contributed by atoms with E-state index in [1.165, 1.54) is 0 Å². The number of rotatable bonds is 8. The van der Waals surface area contributed by atoms with Gasteiger partial charge in [0.05, 0.1) is 0 Å². The molecule has 0 bridgehead atoms. The lowest BCUT2D eigenvalue weighted by molar-refractivity contribution is 0.513. The molecule has 5 heteroatoms. The fraction of sp³-hybridized carbons (Fsp3) is 0.857. The van der Waals surface area contributed by atoms with Crippen LogP contribution in [-0.4, -0.2) is 37.9 Å². The summed E-state index contributed by atoms with van der Waals surface area (Å²) in [5.41, 5.74) is 0. The van der Waals surface area contributed by atoms with Crippen LogP contribution in [0.2, 0.25) is 0 Å². The standard InChI is InChI=1S/C14H28N4S/c1-6-8-15-12(10-19-14(3,4)5)9-13-16-11-17-18(13)7-2/h11-12,15H,6-10H2,1-5H3. The minimum atomic E-state index is 0.310. The summed E-state index contributed by atoms with van der Waals surface area (Å²) in [4.78, 5) is 4.38. The second kappa shape index (κ2) is 7.90. The van der Waals surface area contributed by atoms with Gasteiger partial charge in [0.25, 0.3) is 0 Å². The van der Waals surface area contributed by atoms with Crippen molar-refractivity contribution >= 4 is 11.8 Å². The minimum absolute atomic E-state index is 0.310. The highest BCUT2D eigenvalue weighted by Gasteiger charge is 2.17. The fourth-order valence-corrected chi connectivity index (χ4v) is 2.76. The molecule has 1 unspecified atom stereocenters. The SMILES string of the molecule is CCCNC(CSC(C)(C)C)Cc1ncnn1CC. The van der Waals surface area contributed by atoms with E-state index in [0.29, 0.717) is 10.8 Å². The van der Waals surface area contributed by atoms with Gasteiger partial charge in [-0.05, 0) is 19.9 Å². The van der Waals surface area contributed by atoms with Gasteiger partial charge in [0.15, 0.2) is 0 Å². The molecule has 0 aliphatic carbocycles. The van der Waals surface area contributed by atoms with E-state index in [4.69, 9.17) is 0 Å². The Labute approximate surface area is 121 Å². The summed E-state index contributed by atoms with van der Waals surface area (Å²) < 4.78 is 2.30. The first-order valence-electron chi connectivity index (χ1n) is 7.20. The van der Waals surface area contributed by atoms with Gasteiger partial charge in [0.2, 0.25) is 0 Å². The molecular weight excluding hydrogens is 256 g/mol. The normalized spacial score (nSPS) is 13.7. The lowest BCUT2D eigenvalue weighted by atomic mass is 10.2. The van der Waals surface area contributed by atoms with Crippen LogP contribution in [-0.2, 0) is 13.0 Å². The summed E-state index contributed by atoms with van der Waals surface area (Å²) in [7, 11) is 0. The Hall–Kier alpha value is -0.550. The van der Waals surface area contributed by atoms with Crippen LogP contribution in [0.25, 0.3) is 0 Å². The van der Waals surface area contributed by atoms with Crippen LogP contribution in [0.5, 0.6) is 0 Å². The molecule has 0 radical (unpaired) electrons. The van der Waals surface area contributed by atoms with Crippen molar-refractivity contribution in [3.8, 4) is 0 Å². The minimum Gasteiger partial charge on any atom is -0.313 e. The summed E-state index contributed by atoms with van der Waals surface area (Å²) >= 11 is 2.01. The highest BCUT2D eigenvalue weighted by Crippen LogP contribution is 2.24. The highest BCUT2D eigenvalue weighted by molar-refractivity contribution is 8.00. The quantitative estimate of drug-likeness (QED) is 0.797. The van der Waals surface area contributed by atoms with Gasteiger partial charge < -0.3 is 5.32 Å². The predicted molar refractivity (Wildman–Crippen MR) is 83.7 cm³/mol. The molecule has 1 N–H and O–H groups in total. The zero-order valence-corrected chi connectivity index (χ0v) is 13.8. The van der Waals surface area contributed by atoms with Crippen molar-refractivity contribution in [3.63, 3.8) is 0 Å². The molecule has 0 aliphatic rings. The lowest BCUT2D eigenvalue weighted by Crippen LogP contribution is -2.36. The van der Waals surface area contributed by atoms with Crippen LogP contribution >= 0.6 is 11.8 Å². The van der Waals surface area contributed by atoms with Crippen molar-refractivity contribution in [2.75, 3.05) is 12.3 Å². The molecule has 0 aliphatic heterocycles. The van der Waals surface area contributed by atoms with Crippen molar-refractivity contribution in [1.29, 1.82) is 0 Å². The van der Waals surface area contributed by atoms with Gasteiger partial charge in [-0.25, -0.2) is 4.98 Å². The van der Waals surface area contributed by atoms with Gasteiger partial charge in [0.1, 0.15) is 12.2 Å². The van der Waals surface area contributed by atoms with Crippen LogP contribution < -0.4 is 5.32 Å². The smallest absolute Gasteiger partial charge is 0.138 e. The maximum Gasteiger partial charge on any atom is 0.138 e. The van der Waals surface area contributed by atoms with E-state index in [-0.39, 0.29) is 0 Å². The molecule has 0 saturated heterocycles. The summed E-state index contributed by atoms with van der Waals surface area (Å²) in [6.07, 6.45) is 3.78. The van der Waals surface area contributed by atoms with Gasteiger partial charge in [-0.1, -0.05) is 27.7 Å². The fourth-order valence-electron chi connectivity index (χ4n) is 1.82. The Morgan fingerprint density at radius 3 is 2.68 bits per heavy atom. The molecule has 0 fully saturated rings. The first kappa shape index (κ1) is 16.5. The Kier molecular flexibility index (Phi) is 6.86. The Morgan fingerprint density at radius 2 is 2.11 bits per heavy atom. The molecule has 1 rings (SSSR count). The van der Waals surface area contributed by atoms with Gasteiger partial charge in [-0.15, -0.1) is 0 Å². The van der Waals surface area contributed by atoms with E-state index < -0.39 is 0 Å². The number of aromatic nitrogens is 3. The average molecular weight is 284 g/mol. The van der Waals surface area contributed by atoms with E-state index in [0.717, 1.165) is 37.5 Å². The molecule has 1 heterocycles. The van der Waals surface area contributed by atoms with Crippen LogP contribution in [0.4, 0.5) is 0 Å². The second-order valence-corrected chi connectivity index (χ2v) is 7.62. The highest BCUT2D eigenvalue weighted by atomic mass is 32.2. The van der Waals surface area contributed by atoms with E-state index >= 15 is 0 Å². The van der Waals surface area contributed by atoms with Crippen molar-refractivity contribution in [3.05, 3.63) is 12.2 Å². The molecule has 1 aromatic rings. The molecule has 4 nitrogen and oxygen atoms in total. The van der Waals surface area contributed by atoms with Crippen LogP contribution in [0.1, 0.15) is 46.9 Å². The zero-order valence-electron chi connectivity index (χ0n) is 12.9. The van der Waals surface area contributed by atoms with Crippen molar-refractivity contribution < 1.29 is 0 Å². The molecule has 110 valence electrons. The monoisotopic (exact) mass is 284 g/mol. The molecular formula is C14H28N4S. The van der Waals surface area contributed by atoms with Crippen LogP contribution in [0, 0.1) is 0 Å². The third kappa shape index (κ3) is 6.43. The summed E-state index contributed by atoms with van der Waals surface area (Å²) in [6.45, 7) is 13.1. The largest absolute Gasteiger partial charge is 0.313 e. The zero-order chi connectivity index (χ0) is 14.3. The predicted octanol–water partition coefficient (Wildman–Crippen LogP) is 2.74. The number of thioether (sulfide) groups is 1. The Morgan fingerprint density at radius 1 is 1.37 bits per heavy atom. The molecule has 0 amide bonds. The van der Waals surface area contributed by atoms with E-state index in [2.05, 4.69) is 50.0 Å². The Balaban J connectivity index is 2.58. The first-order valence-corrected chi connectivity index (χ1v) is 8.18. The van der Waals surface area contributed by atoms with E-state index in [1.54, 1.807) is 6.33 Å². The maximum absolute atomic E-state index is 4.38. The molecule has 1 atom stereocenters. The lowest BCUT2D eigenvalue weighted by Gasteiger charge is -2.23. The maximum atomic E-state index is 4.38. The third-order valence-corrected chi connectivity index (χ3v) is 4.26. The number of hydrogen-bond acceptors (Lipinski definition) is 4. The van der Waals surface area contributed by atoms with Crippen LogP contribution in [0.3, 0.4) is 0 Å². The molecule has 0 saturated carbocycles. The van der Waals surface area contributed by atoms with Crippen LogP contribution in [0.15, 0.2) is 6.33 Å². The van der Waals surface area contributed by atoms with Gasteiger partial charge >= 0.3 is 0 Å². The van der Waals surface area contributed by atoms with Gasteiger partial charge in [-0.3, -0.25) is 4.68 Å². The number of aryl methyl sites for hydroxylation is 1. The van der Waals surface area contributed by atoms with Gasteiger partial charge in [-0.2, -0.15) is 16.9 Å². The average Bonchev–Trinajstić information content (AvgIpc) is 2.78. The number of nitrogens with one attached hydrogen (secondary N) is 1. The topological polar surface area (TPSA) is 42.7 Å². The first-order chi connectivity index (χ1) is 8.96. The molecule has 0 aromatic carbocycles. The summed E-state index contributed by atoms with van der Waals surface area (Å²) in [5.74, 6) is 2.20. The van der Waals surface area contributed by atoms with E-state index in [1.807, 2.05) is 16.4 Å². The summed E-state index contributed by atoms with van der Waals surface area (Å²) in [5, 5.41) is 7.88. The van der Waals surface area contributed by atoms with Crippen molar-refractivity contribution in [2.45, 2.75) is 64.8 Å². The molecule has 0 spiro atoms. The van der Waals surface area contributed by atoms with Gasteiger partial charge in [0, 0.05) is 29.5 Å². The second-order valence-electron chi connectivity index (χ2n) is 5.77. The number of hydrogen-bond donors (Lipinski definition) is 1. The van der Waals surface area contributed by atoms with Crippen molar-refractivity contribution in [2.24, 2.45) is 0 Å². The molecule has 19 heavy (non-hydrogen) atoms. The third-order valence-electron chi connectivity index (χ3n) is 2.82. The summed E-state index contributed by atoms with van der Waals surface area (Å²) in [6, 6.07) is 0.471. The van der Waals surface area contributed by atoms with E-state index in [9.17, 15) is 0 Å². The molecule has 1 aromatic heterocycles.